The van der Waals surface area contributed by atoms with Crippen molar-refractivity contribution < 1.29 is 19.0 Å². The maximum atomic E-state index is 10.4. The molecule has 0 N–H and O–H groups in total. The van der Waals surface area contributed by atoms with Crippen molar-refractivity contribution in [2.24, 2.45) is 0 Å². The fraction of sp³-hybridized carbons (Fsp3) is 0.875. The van der Waals surface area contributed by atoms with Crippen LogP contribution in [0.3, 0.4) is 0 Å². The molecule has 12 heavy (non-hydrogen) atoms. The third-order valence-corrected chi connectivity index (χ3v) is 1.61. The van der Waals surface area contributed by atoms with Gasteiger partial charge in [-0.15, -0.1) is 0 Å². The molecule has 0 spiro atoms. The second kappa shape index (κ2) is 4.42. The van der Waals surface area contributed by atoms with E-state index in [2.05, 4.69) is 0 Å². The van der Waals surface area contributed by atoms with Crippen molar-refractivity contribution in [1.29, 1.82) is 0 Å². The second-order valence-electron chi connectivity index (χ2n) is 2.90. The summed E-state index contributed by atoms with van der Waals surface area (Å²) < 4.78 is 15.4. The Morgan fingerprint density at radius 3 is 2.75 bits per heavy atom. The van der Waals surface area contributed by atoms with Gasteiger partial charge in [-0.3, -0.25) is 4.79 Å². The molecule has 0 aromatic rings. The summed E-state index contributed by atoms with van der Waals surface area (Å²) in [7, 11) is 0. The van der Waals surface area contributed by atoms with E-state index in [-0.39, 0.29) is 18.2 Å². The molecule has 0 aromatic heterocycles. The fourth-order valence-corrected chi connectivity index (χ4v) is 0.946. The van der Waals surface area contributed by atoms with E-state index in [1.165, 1.54) is 6.92 Å². The minimum Gasteiger partial charge on any atom is -0.463 e. The van der Waals surface area contributed by atoms with Gasteiger partial charge < -0.3 is 14.2 Å². The number of esters is 1. The molecule has 1 aliphatic heterocycles. The minimum absolute atomic E-state index is 0.0925. The van der Waals surface area contributed by atoms with Crippen LogP contribution in [0.25, 0.3) is 0 Å². The lowest BCUT2D eigenvalue weighted by Gasteiger charge is -2.26. The number of hydrogen-bond acceptors (Lipinski definition) is 4. The van der Waals surface area contributed by atoms with E-state index in [4.69, 9.17) is 14.2 Å². The Hall–Kier alpha value is -0.610. The number of hydrogen-bond donors (Lipinski definition) is 0. The summed E-state index contributed by atoms with van der Waals surface area (Å²) >= 11 is 0. The van der Waals surface area contributed by atoms with Gasteiger partial charge in [-0.1, -0.05) is 0 Å². The van der Waals surface area contributed by atoms with Gasteiger partial charge >= 0.3 is 5.97 Å². The van der Waals surface area contributed by atoms with Gasteiger partial charge in [0, 0.05) is 6.92 Å². The summed E-state index contributed by atoms with van der Waals surface area (Å²) in [5.41, 5.74) is 0. The lowest BCUT2D eigenvalue weighted by Crippen LogP contribution is -2.37. The van der Waals surface area contributed by atoms with Crippen molar-refractivity contribution in [1.82, 2.24) is 0 Å². The van der Waals surface area contributed by atoms with Gasteiger partial charge in [-0.2, -0.15) is 0 Å². The third-order valence-electron chi connectivity index (χ3n) is 1.61. The Morgan fingerprint density at radius 2 is 2.25 bits per heavy atom. The summed E-state index contributed by atoms with van der Waals surface area (Å²) in [5, 5.41) is 0. The normalized spacial score (nSPS) is 29.8. The molecule has 1 fully saturated rings. The van der Waals surface area contributed by atoms with E-state index in [1.807, 2.05) is 6.92 Å². The van der Waals surface area contributed by atoms with Crippen molar-refractivity contribution in [3.8, 4) is 0 Å². The zero-order chi connectivity index (χ0) is 8.97. The predicted molar refractivity (Wildman–Crippen MR) is 41.8 cm³/mol. The van der Waals surface area contributed by atoms with Gasteiger partial charge in [-0.05, 0) is 6.92 Å². The summed E-state index contributed by atoms with van der Waals surface area (Å²) in [6, 6.07) is 0. The Balaban J connectivity index is 2.13. The van der Waals surface area contributed by atoms with Crippen molar-refractivity contribution >= 4 is 5.97 Å². The van der Waals surface area contributed by atoms with Crippen molar-refractivity contribution in [2.45, 2.75) is 26.1 Å². The fourth-order valence-electron chi connectivity index (χ4n) is 0.946. The molecule has 1 heterocycles. The molecule has 2 unspecified atom stereocenters. The highest BCUT2D eigenvalue weighted by atomic mass is 16.6. The maximum absolute atomic E-state index is 10.4. The lowest BCUT2D eigenvalue weighted by atomic mass is 10.3. The van der Waals surface area contributed by atoms with E-state index in [9.17, 15) is 4.79 Å². The van der Waals surface area contributed by atoms with Crippen molar-refractivity contribution in [3.05, 3.63) is 0 Å². The molecular weight excluding hydrogens is 160 g/mol. The van der Waals surface area contributed by atoms with Crippen LogP contribution >= 0.6 is 0 Å². The van der Waals surface area contributed by atoms with E-state index < -0.39 is 0 Å². The highest BCUT2D eigenvalue weighted by Gasteiger charge is 2.19. The number of ether oxygens (including phenoxy) is 3. The molecular formula is C8H14O4. The van der Waals surface area contributed by atoms with Crippen LogP contribution in [0, 0.1) is 0 Å². The zero-order valence-electron chi connectivity index (χ0n) is 7.41. The highest BCUT2D eigenvalue weighted by Crippen LogP contribution is 2.06. The number of rotatable bonds is 2. The zero-order valence-corrected chi connectivity index (χ0v) is 7.41. The van der Waals surface area contributed by atoms with Gasteiger partial charge in [0.1, 0.15) is 12.7 Å². The molecule has 0 amide bonds. The average Bonchev–Trinajstić information content (AvgIpc) is 2.03. The van der Waals surface area contributed by atoms with Gasteiger partial charge in [0.15, 0.2) is 0 Å². The molecule has 4 heteroatoms. The summed E-state index contributed by atoms with van der Waals surface area (Å²) in [6.07, 6.45) is 0.0590. The molecule has 1 aliphatic rings. The first kappa shape index (κ1) is 9.48. The predicted octanol–water partition coefficient (Wildman–Crippen LogP) is 0.353. The average molecular weight is 174 g/mol. The Bertz CT molecular complexity index is 149. The highest BCUT2D eigenvalue weighted by molar-refractivity contribution is 5.65. The van der Waals surface area contributed by atoms with E-state index >= 15 is 0 Å². The lowest BCUT2D eigenvalue weighted by molar-refractivity contribution is -0.162. The molecule has 4 nitrogen and oxygen atoms in total. The van der Waals surface area contributed by atoms with Gasteiger partial charge in [0.25, 0.3) is 0 Å². The minimum atomic E-state index is -0.280. The molecule has 0 aromatic carbocycles. The van der Waals surface area contributed by atoms with Crippen LogP contribution in [0.2, 0.25) is 0 Å². The van der Waals surface area contributed by atoms with E-state index in [0.29, 0.717) is 19.8 Å². The smallest absolute Gasteiger partial charge is 0.302 e. The molecule has 0 saturated carbocycles. The third kappa shape index (κ3) is 3.19. The van der Waals surface area contributed by atoms with Crippen molar-refractivity contribution in [3.63, 3.8) is 0 Å². The molecule has 1 rings (SSSR count). The quantitative estimate of drug-likeness (QED) is 0.567. The van der Waals surface area contributed by atoms with Crippen LogP contribution in [0.15, 0.2) is 0 Å². The van der Waals surface area contributed by atoms with Crippen LogP contribution in [0.1, 0.15) is 13.8 Å². The van der Waals surface area contributed by atoms with Crippen LogP contribution in [-0.4, -0.2) is 38.0 Å². The molecule has 0 bridgehead atoms. The van der Waals surface area contributed by atoms with Gasteiger partial charge in [-0.25, -0.2) is 0 Å². The van der Waals surface area contributed by atoms with Crippen LogP contribution in [0.4, 0.5) is 0 Å². The standard InChI is InChI=1S/C8H14O4/c1-6-3-12-8(4-10-6)5-11-7(2)9/h6,8H,3-5H2,1-2H3. The first-order valence-electron chi connectivity index (χ1n) is 4.05. The first-order valence-corrected chi connectivity index (χ1v) is 4.05. The Labute approximate surface area is 71.8 Å². The number of carbonyl (C=O) groups is 1. The van der Waals surface area contributed by atoms with E-state index in [0.717, 1.165) is 0 Å². The van der Waals surface area contributed by atoms with Gasteiger partial charge in [0.2, 0.25) is 0 Å². The molecule has 1 saturated heterocycles. The first-order chi connectivity index (χ1) is 5.68. The van der Waals surface area contributed by atoms with Crippen LogP contribution in [-0.2, 0) is 19.0 Å². The Morgan fingerprint density at radius 1 is 1.50 bits per heavy atom. The molecule has 0 aliphatic carbocycles. The molecule has 0 radical (unpaired) electrons. The second-order valence-corrected chi connectivity index (χ2v) is 2.90. The molecule has 2 atom stereocenters. The van der Waals surface area contributed by atoms with E-state index in [1.54, 1.807) is 0 Å². The van der Waals surface area contributed by atoms with Crippen LogP contribution < -0.4 is 0 Å². The maximum Gasteiger partial charge on any atom is 0.302 e. The summed E-state index contributed by atoms with van der Waals surface area (Å²) in [4.78, 5) is 10.4. The monoisotopic (exact) mass is 174 g/mol. The summed E-state index contributed by atoms with van der Waals surface area (Å²) in [6.45, 7) is 4.71. The van der Waals surface area contributed by atoms with Gasteiger partial charge in [0.05, 0.1) is 19.3 Å². The topological polar surface area (TPSA) is 44.8 Å². The van der Waals surface area contributed by atoms with Crippen LogP contribution in [0.5, 0.6) is 0 Å². The molecule has 70 valence electrons. The summed E-state index contributed by atoms with van der Waals surface area (Å²) in [5.74, 6) is -0.280. The van der Waals surface area contributed by atoms with Crippen molar-refractivity contribution in [2.75, 3.05) is 19.8 Å². The number of carbonyl (C=O) groups excluding carboxylic acids is 1. The Kier molecular flexibility index (Phi) is 3.49. The SMILES string of the molecule is CC(=O)OCC1COC(C)CO1. The largest absolute Gasteiger partial charge is 0.463 e.